The number of aliphatic carboxylic acids is 1. The Morgan fingerprint density at radius 3 is 2.79 bits per heavy atom. The number of carboxylic acid groups (broad SMARTS) is 1. The second-order valence-electron chi connectivity index (χ2n) is 5.08. The molecule has 1 saturated carbocycles. The van der Waals surface area contributed by atoms with Crippen molar-refractivity contribution in [3.05, 3.63) is 0 Å². The van der Waals surface area contributed by atoms with E-state index in [1.54, 1.807) is 11.8 Å². The van der Waals surface area contributed by atoms with E-state index in [0.717, 1.165) is 12.8 Å². The molecule has 0 aromatic carbocycles. The Bertz CT molecular complexity index is 417. The van der Waals surface area contributed by atoms with Crippen LogP contribution in [0.1, 0.15) is 26.2 Å². The number of hydrogen-bond acceptors (Lipinski definition) is 3. The average Bonchev–Trinajstić information content (AvgIpc) is 3.07. The van der Waals surface area contributed by atoms with Crippen LogP contribution < -0.4 is 5.32 Å². The fourth-order valence-electron chi connectivity index (χ4n) is 2.23. The molecule has 0 aromatic rings. The van der Waals surface area contributed by atoms with Crippen LogP contribution in [0, 0.1) is 18.3 Å². The number of nitrogens with zero attached hydrogens (tertiary/aromatic N) is 1. The van der Waals surface area contributed by atoms with Gasteiger partial charge < -0.3 is 10.4 Å². The van der Waals surface area contributed by atoms with E-state index < -0.39 is 12.0 Å². The minimum atomic E-state index is -0.935. The molecule has 0 spiro atoms. The summed E-state index contributed by atoms with van der Waals surface area (Å²) in [6.45, 7) is 1.82. The standard InChI is InChI=1S/C13H18N2O3S/c1-3-4-8(2)14-13(18)15-10(12(16)17)7-19-11(15)9-5-6-9/h1,8-11H,4-7H2,2H3,(H,14,18)(H,16,17). The first-order valence-corrected chi connectivity index (χ1v) is 7.46. The third-order valence-electron chi connectivity index (χ3n) is 3.37. The molecule has 1 aliphatic heterocycles. The first-order chi connectivity index (χ1) is 9.04. The van der Waals surface area contributed by atoms with Gasteiger partial charge in [-0.15, -0.1) is 24.1 Å². The predicted molar refractivity (Wildman–Crippen MR) is 73.7 cm³/mol. The van der Waals surface area contributed by atoms with E-state index >= 15 is 0 Å². The summed E-state index contributed by atoms with van der Waals surface area (Å²) < 4.78 is 0. The Morgan fingerprint density at radius 1 is 1.58 bits per heavy atom. The lowest BCUT2D eigenvalue weighted by Gasteiger charge is -2.28. The molecule has 0 aromatic heterocycles. The number of hydrogen-bond donors (Lipinski definition) is 2. The quantitative estimate of drug-likeness (QED) is 0.764. The van der Waals surface area contributed by atoms with Crippen LogP contribution in [0.3, 0.4) is 0 Å². The van der Waals surface area contributed by atoms with Crippen molar-refractivity contribution in [1.82, 2.24) is 10.2 Å². The molecular weight excluding hydrogens is 264 g/mol. The van der Waals surface area contributed by atoms with E-state index in [0.29, 0.717) is 18.1 Å². The SMILES string of the molecule is C#CCC(C)NC(=O)N1C(C(=O)O)CSC1C1CC1. The molecule has 2 fully saturated rings. The summed E-state index contributed by atoms with van der Waals surface area (Å²) in [6.07, 6.45) is 7.80. The lowest BCUT2D eigenvalue weighted by Crippen LogP contribution is -2.52. The van der Waals surface area contributed by atoms with Crippen LogP contribution >= 0.6 is 11.8 Å². The van der Waals surface area contributed by atoms with Gasteiger partial charge >= 0.3 is 12.0 Å². The molecule has 3 unspecified atom stereocenters. The van der Waals surface area contributed by atoms with Crippen LogP contribution in [0.4, 0.5) is 4.79 Å². The smallest absolute Gasteiger partial charge is 0.327 e. The van der Waals surface area contributed by atoms with Gasteiger partial charge in [0.25, 0.3) is 0 Å². The Kier molecular flexibility index (Phi) is 4.25. The molecule has 2 amide bonds. The number of nitrogens with one attached hydrogen (secondary N) is 1. The molecule has 2 rings (SSSR count). The van der Waals surface area contributed by atoms with Gasteiger partial charge in [-0.1, -0.05) is 0 Å². The van der Waals surface area contributed by atoms with Crippen molar-refractivity contribution in [2.45, 2.75) is 43.6 Å². The largest absolute Gasteiger partial charge is 0.480 e. The number of urea groups is 1. The van der Waals surface area contributed by atoms with Crippen LogP contribution in [0.2, 0.25) is 0 Å². The van der Waals surface area contributed by atoms with Crippen molar-refractivity contribution in [3.63, 3.8) is 0 Å². The van der Waals surface area contributed by atoms with Crippen molar-refractivity contribution >= 4 is 23.8 Å². The van der Waals surface area contributed by atoms with E-state index in [4.69, 9.17) is 6.42 Å². The highest BCUT2D eigenvalue weighted by atomic mass is 32.2. The van der Waals surface area contributed by atoms with Crippen molar-refractivity contribution in [3.8, 4) is 12.3 Å². The second kappa shape index (κ2) is 5.74. The second-order valence-corrected chi connectivity index (χ2v) is 6.23. The summed E-state index contributed by atoms with van der Waals surface area (Å²) in [5.74, 6) is 2.47. The molecule has 6 heteroatoms. The topological polar surface area (TPSA) is 69.6 Å². The maximum absolute atomic E-state index is 12.3. The van der Waals surface area contributed by atoms with Crippen LogP contribution in [-0.4, -0.2) is 45.2 Å². The van der Waals surface area contributed by atoms with E-state index in [2.05, 4.69) is 11.2 Å². The van der Waals surface area contributed by atoms with Crippen molar-refractivity contribution < 1.29 is 14.7 Å². The molecule has 0 bridgehead atoms. The van der Waals surface area contributed by atoms with E-state index in [1.807, 2.05) is 6.92 Å². The lowest BCUT2D eigenvalue weighted by atomic mass is 10.2. The van der Waals surface area contributed by atoms with Crippen LogP contribution in [-0.2, 0) is 4.79 Å². The molecule has 5 nitrogen and oxygen atoms in total. The van der Waals surface area contributed by atoms with Gasteiger partial charge in [0, 0.05) is 18.2 Å². The molecule has 1 heterocycles. The number of terminal acetylenes is 1. The average molecular weight is 282 g/mol. The molecule has 19 heavy (non-hydrogen) atoms. The fourth-order valence-corrected chi connectivity index (χ4v) is 3.86. The molecule has 0 radical (unpaired) electrons. The van der Waals surface area contributed by atoms with Crippen molar-refractivity contribution in [2.75, 3.05) is 5.75 Å². The van der Waals surface area contributed by atoms with Crippen LogP contribution in [0.15, 0.2) is 0 Å². The minimum Gasteiger partial charge on any atom is -0.480 e. The first kappa shape index (κ1) is 14.1. The number of thioether (sulfide) groups is 1. The maximum atomic E-state index is 12.3. The van der Waals surface area contributed by atoms with Gasteiger partial charge in [-0.05, 0) is 25.7 Å². The Balaban J connectivity index is 2.05. The van der Waals surface area contributed by atoms with Gasteiger partial charge in [-0.2, -0.15) is 0 Å². The highest BCUT2D eigenvalue weighted by molar-refractivity contribution is 8.00. The monoisotopic (exact) mass is 282 g/mol. The van der Waals surface area contributed by atoms with Gasteiger partial charge in [0.1, 0.15) is 6.04 Å². The molecule has 2 N–H and O–H groups in total. The molecule has 2 aliphatic rings. The van der Waals surface area contributed by atoms with Gasteiger partial charge in [-0.3, -0.25) is 4.90 Å². The number of carbonyl (C=O) groups excluding carboxylic acids is 1. The Hall–Kier alpha value is -1.35. The molecule has 1 saturated heterocycles. The highest BCUT2D eigenvalue weighted by Crippen LogP contribution is 2.45. The Labute approximate surface area is 117 Å². The predicted octanol–water partition coefficient (Wildman–Crippen LogP) is 1.35. The van der Waals surface area contributed by atoms with Gasteiger partial charge in [0.15, 0.2) is 0 Å². The van der Waals surface area contributed by atoms with E-state index in [1.165, 1.54) is 4.90 Å². The zero-order chi connectivity index (χ0) is 14.0. The van der Waals surface area contributed by atoms with Crippen LogP contribution in [0.25, 0.3) is 0 Å². The summed E-state index contributed by atoms with van der Waals surface area (Å²) in [4.78, 5) is 25.0. The van der Waals surface area contributed by atoms with Gasteiger partial charge in [-0.25, -0.2) is 9.59 Å². The lowest BCUT2D eigenvalue weighted by molar-refractivity contribution is -0.141. The third-order valence-corrected chi connectivity index (χ3v) is 4.84. The summed E-state index contributed by atoms with van der Waals surface area (Å²) in [5, 5.41) is 12.0. The van der Waals surface area contributed by atoms with Gasteiger partial charge in [0.2, 0.25) is 0 Å². The highest BCUT2D eigenvalue weighted by Gasteiger charge is 2.48. The number of carbonyl (C=O) groups is 2. The zero-order valence-electron chi connectivity index (χ0n) is 10.8. The molecule has 3 atom stereocenters. The molecule has 1 aliphatic carbocycles. The number of rotatable bonds is 4. The normalized spacial score (nSPS) is 27.7. The summed E-state index contributed by atoms with van der Waals surface area (Å²) in [7, 11) is 0. The van der Waals surface area contributed by atoms with E-state index in [9.17, 15) is 14.7 Å². The molecular formula is C13H18N2O3S. The molecule has 104 valence electrons. The number of carboxylic acids is 1. The summed E-state index contributed by atoms with van der Waals surface area (Å²) in [6, 6.07) is -1.18. The summed E-state index contributed by atoms with van der Waals surface area (Å²) >= 11 is 1.57. The van der Waals surface area contributed by atoms with E-state index in [-0.39, 0.29) is 17.4 Å². The van der Waals surface area contributed by atoms with Crippen molar-refractivity contribution in [1.29, 1.82) is 0 Å². The Morgan fingerprint density at radius 2 is 2.26 bits per heavy atom. The summed E-state index contributed by atoms with van der Waals surface area (Å²) in [5.41, 5.74) is 0. The minimum absolute atomic E-state index is 0.000800. The number of amides is 2. The zero-order valence-corrected chi connectivity index (χ0v) is 11.7. The van der Waals surface area contributed by atoms with Crippen LogP contribution in [0.5, 0.6) is 0 Å². The first-order valence-electron chi connectivity index (χ1n) is 6.41. The fraction of sp³-hybridized carbons (Fsp3) is 0.692. The van der Waals surface area contributed by atoms with Crippen molar-refractivity contribution in [2.24, 2.45) is 5.92 Å². The third kappa shape index (κ3) is 3.16. The van der Waals surface area contributed by atoms with Gasteiger partial charge in [0.05, 0.1) is 5.37 Å². The maximum Gasteiger partial charge on any atom is 0.327 e.